The van der Waals surface area contributed by atoms with E-state index in [2.05, 4.69) is 5.32 Å². The summed E-state index contributed by atoms with van der Waals surface area (Å²) in [7, 11) is 0. The van der Waals surface area contributed by atoms with Crippen LogP contribution in [0.15, 0.2) is 18.2 Å². The Bertz CT molecular complexity index is 515. The molecule has 20 heavy (non-hydrogen) atoms. The Hall–Kier alpha value is -1.82. The molecule has 1 N–H and O–H groups in total. The molecule has 0 bridgehead atoms. The summed E-state index contributed by atoms with van der Waals surface area (Å²) in [4.78, 5) is 21.8. The van der Waals surface area contributed by atoms with Crippen molar-refractivity contribution in [1.29, 1.82) is 0 Å². The molecule has 108 valence electrons. The van der Waals surface area contributed by atoms with Crippen LogP contribution in [-0.2, 0) is 4.74 Å². The predicted octanol–water partition coefficient (Wildman–Crippen LogP) is 4.13. The lowest BCUT2D eigenvalue weighted by Gasteiger charge is -2.21. The van der Waals surface area contributed by atoms with Gasteiger partial charge >= 0.3 is 6.09 Å². The molecule has 6 nitrogen and oxygen atoms in total. The van der Waals surface area contributed by atoms with Crippen molar-refractivity contribution >= 4 is 29.1 Å². The normalized spacial score (nSPS) is 15.7. The van der Waals surface area contributed by atoms with Crippen LogP contribution in [0.4, 0.5) is 16.2 Å². The van der Waals surface area contributed by atoms with Crippen LogP contribution < -0.4 is 5.32 Å². The summed E-state index contributed by atoms with van der Waals surface area (Å²) in [5.41, 5.74) is 0.180. The van der Waals surface area contributed by atoms with E-state index in [1.807, 2.05) is 0 Å². The number of anilines is 1. The van der Waals surface area contributed by atoms with E-state index in [0.29, 0.717) is 5.69 Å². The molecule has 1 aromatic carbocycles. The highest BCUT2D eigenvalue weighted by Gasteiger charge is 2.18. The molecular formula is C13H15ClN2O4. The second-order valence-corrected chi connectivity index (χ2v) is 5.12. The predicted molar refractivity (Wildman–Crippen MR) is 75.1 cm³/mol. The number of nitro benzene ring substituents is 1. The molecule has 0 atom stereocenters. The number of nitrogens with zero attached hydrogens (tertiary/aromatic N) is 1. The molecule has 0 aromatic heterocycles. The van der Waals surface area contributed by atoms with Crippen molar-refractivity contribution in [2.45, 2.75) is 38.2 Å². The lowest BCUT2D eigenvalue weighted by Crippen LogP contribution is -2.24. The Labute approximate surface area is 121 Å². The average Bonchev–Trinajstić information content (AvgIpc) is 2.42. The molecule has 0 heterocycles. The number of non-ortho nitro benzene ring substituents is 1. The molecule has 0 radical (unpaired) electrons. The maximum Gasteiger partial charge on any atom is 0.411 e. The first kappa shape index (κ1) is 14.6. The number of halogens is 1. The van der Waals surface area contributed by atoms with E-state index >= 15 is 0 Å². The lowest BCUT2D eigenvalue weighted by molar-refractivity contribution is -0.384. The van der Waals surface area contributed by atoms with Crippen molar-refractivity contribution in [3.05, 3.63) is 33.3 Å². The summed E-state index contributed by atoms with van der Waals surface area (Å²) in [6.07, 6.45) is 4.43. The molecule has 7 heteroatoms. The van der Waals surface area contributed by atoms with Crippen molar-refractivity contribution < 1.29 is 14.5 Å². The van der Waals surface area contributed by atoms with Crippen LogP contribution in [0.3, 0.4) is 0 Å². The minimum Gasteiger partial charge on any atom is -0.446 e. The summed E-state index contributed by atoms with van der Waals surface area (Å²) in [5, 5.41) is 13.2. The van der Waals surface area contributed by atoms with Crippen LogP contribution in [0, 0.1) is 10.1 Å². The maximum atomic E-state index is 11.7. The van der Waals surface area contributed by atoms with Gasteiger partial charge in [0.15, 0.2) is 0 Å². The first-order valence-electron chi connectivity index (χ1n) is 6.48. The van der Waals surface area contributed by atoms with Gasteiger partial charge in [0.2, 0.25) is 0 Å². The van der Waals surface area contributed by atoms with Crippen LogP contribution >= 0.6 is 11.6 Å². The Kier molecular flexibility index (Phi) is 4.79. The Balaban J connectivity index is 1.95. The van der Waals surface area contributed by atoms with Crippen molar-refractivity contribution in [3.8, 4) is 0 Å². The summed E-state index contributed by atoms with van der Waals surface area (Å²) < 4.78 is 5.29. The summed E-state index contributed by atoms with van der Waals surface area (Å²) in [5.74, 6) is 0. The third-order valence-corrected chi connectivity index (χ3v) is 3.54. The molecule has 1 aliphatic rings. The van der Waals surface area contributed by atoms with Gasteiger partial charge in [0.25, 0.3) is 5.69 Å². The summed E-state index contributed by atoms with van der Waals surface area (Å²) in [6.45, 7) is 0. The van der Waals surface area contributed by atoms with Gasteiger partial charge in [-0.05, 0) is 31.7 Å². The Morgan fingerprint density at radius 2 is 2.05 bits per heavy atom. The van der Waals surface area contributed by atoms with Crippen molar-refractivity contribution in [3.63, 3.8) is 0 Å². The fraction of sp³-hybridized carbons (Fsp3) is 0.462. The van der Waals surface area contributed by atoms with E-state index < -0.39 is 11.0 Å². The van der Waals surface area contributed by atoms with E-state index in [0.717, 1.165) is 25.7 Å². The number of nitrogens with one attached hydrogen (secondary N) is 1. The van der Waals surface area contributed by atoms with Gasteiger partial charge in [-0.1, -0.05) is 18.0 Å². The van der Waals surface area contributed by atoms with Crippen LogP contribution in [0.1, 0.15) is 32.1 Å². The topological polar surface area (TPSA) is 81.5 Å². The summed E-state index contributed by atoms with van der Waals surface area (Å²) >= 11 is 5.89. The number of carbonyl (C=O) groups is 1. The minimum absolute atomic E-state index is 0.0550. The van der Waals surface area contributed by atoms with Gasteiger partial charge in [-0.3, -0.25) is 15.4 Å². The highest BCUT2D eigenvalue weighted by molar-refractivity contribution is 6.33. The van der Waals surface area contributed by atoms with Crippen molar-refractivity contribution in [2.24, 2.45) is 0 Å². The maximum absolute atomic E-state index is 11.7. The third-order valence-electron chi connectivity index (χ3n) is 3.23. The van der Waals surface area contributed by atoms with Crippen LogP contribution in [0.5, 0.6) is 0 Å². The second kappa shape index (κ2) is 6.56. The van der Waals surface area contributed by atoms with E-state index in [1.54, 1.807) is 0 Å². The van der Waals surface area contributed by atoms with Crippen molar-refractivity contribution in [1.82, 2.24) is 0 Å². The number of amides is 1. The summed E-state index contributed by atoms with van der Waals surface area (Å²) in [6, 6.07) is 3.86. The zero-order chi connectivity index (χ0) is 14.5. The van der Waals surface area contributed by atoms with Crippen LogP contribution in [0.2, 0.25) is 5.02 Å². The quantitative estimate of drug-likeness (QED) is 0.672. The molecule has 2 rings (SSSR count). The molecule has 0 aliphatic heterocycles. The van der Waals surface area contributed by atoms with E-state index in [9.17, 15) is 14.9 Å². The fourth-order valence-corrected chi connectivity index (χ4v) is 2.41. The molecule has 1 fully saturated rings. The molecule has 0 spiro atoms. The lowest BCUT2D eigenvalue weighted by atomic mass is 9.98. The number of benzene rings is 1. The zero-order valence-electron chi connectivity index (χ0n) is 10.8. The number of hydrogen-bond donors (Lipinski definition) is 1. The number of rotatable bonds is 3. The van der Waals surface area contributed by atoms with Gasteiger partial charge in [-0.15, -0.1) is 0 Å². The smallest absolute Gasteiger partial charge is 0.411 e. The van der Waals surface area contributed by atoms with Gasteiger partial charge < -0.3 is 4.74 Å². The highest BCUT2D eigenvalue weighted by Crippen LogP contribution is 2.27. The van der Waals surface area contributed by atoms with Crippen LogP contribution in [0.25, 0.3) is 0 Å². The van der Waals surface area contributed by atoms with Gasteiger partial charge in [0.1, 0.15) is 6.10 Å². The number of nitro groups is 1. The van der Waals surface area contributed by atoms with E-state index in [4.69, 9.17) is 16.3 Å². The molecule has 0 unspecified atom stereocenters. The van der Waals surface area contributed by atoms with Crippen LogP contribution in [-0.4, -0.2) is 17.1 Å². The molecule has 1 aliphatic carbocycles. The fourth-order valence-electron chi connectivity index (χ4n) is 2.19. The van der Waals surface area contributed by atoms with Gasteiger partial charge in [-0.2, -0.15) is 0 Å². The standard InChI is InChI=1S/C13H15ClN2O4/c14-11-8-9(16(18)19)6-7-12(11)15-13(17)20-10-4-2-1-3-5-10/h6-8,10H,1-5H2,(H,15,17). The van der Waals surface area contributed by atoms with Gasteiger partial charge in [-0.25, -0.2) is 4.79 Å². The van der Waals surface area contributed by atoms with Crippen molar-refractivity contribution in [2.75, 3.05) is 5.32 Å². The Morgan fingerprint density at radius 1 is 1.35 bits per heavy atom. The van der Waals surface area contributed by atoms with E-state index in [-0.39, 0.29) is 16.8 Å². The second-order valence-electron chi connectivity index (χ2n) is 4.71. The Morgan fingerprint density at radius 3 is 2.65 bits per heavy atom. The number of hydrogen-bond acceptors (Lipinski definition) is 4. The third kappa shape index (κ3) is 3.84. The van der Waals surface area contributed by atoms with E-state index in [1.165, 1.54) is 24.6 Å². The molecule has 0 saturated heterocycles. The minimum atomic E-state index is -0.576. The average molecular weight is 299 g/mol. The first-order chi connectivity index (χ1) is 9.56. The monoisotopic (exact) mass is 298 g/mol. The first-order valence-corrected chi connectivity index (χ1v) is 6.85. The zero-order valence-corrected chi connectivity index (χ0v) is 11.6. The largest absolute Gasteiger partial charge is 0.446 e. The molecule has 1 saturated carbocycles. The van der Waals surface area contributed by atoms with Gasteiger partial charge in [0.05, 0.1) is 15.6 Å². The van der Waals surface area contributed by atoms with Gasteiger partial charge in [0, 0.05) is 12.1 Å². The number of carbonyl (C=O) groups excluding carboxylic acids is 1. The molecule has 1 amide bonds. The SMILES string of the molecule is O=C(Nc1ccc([N+](=O)[O-])cc1Cl)OC1CCCCC1. The molecule has 1 aromatic rings. The molecular weight excluding hydrogens is 284 g/mol. The number of ether oxygens (including phenoxy) is 1. The highest BCUT2D eigenvalue weighted by atomic mass is 35.5.